The van der Waals surface area contributed by atoms with Gasteiger partial charge in [0, 0.05) is 38.1 Å². The van der Waals surface area contributed by atoms with Gasteiger partial charge in [-0.25, -0.2) is 8.42 Å². The van der Waals surface area contributed by atoms with Gasteiger partial charge < -0.3 is 10.2 Å². The molecule has 2 heterocycles. The van der Waals surface area contributed by atoms with E-state index in [1.807, 2.05) is 6.92 Å². The first-order valence-corrected chi connectivity index (χ1v) is 10.7. The fourth-order valence-electron chi connectivity index (χ4n) is 3.04. The topological polar surface area (TPSA) is 82.6 Å². The number of piperazine rings is 1. The molecule has 0 bridgehead atoms. The van der Waals surface area contributed by atoms with Gasteiger partial charge in [0.1, 0.15) is 5.69 Å². The minimum absolute atomic E-state index is 0.0477. The van der Waals surface area contributed by atoms with Crippen molar-refractivity contribution in [3.8, 4) is 0 Å². The first-order chi connectivity index (χ1) is 14.1. The normalized spacial score (nSPS) is 16.4. The van der Waals surface area contributed by atoms with Crippen LogP contribution in [0.2, 0.25) is 0 Å². The third kappa shape index (κ3) is 4.97. The lowest BCUT2D eigenvalue weighted by atomic mass is 10.2. The van der Waals surface area contributed by atoms with Gasteiger partial charge in [-0.2, -0.15) is 17.5 Å². The van der Waals surface area contributed by atoms with Crippen LogP contribution >= 0.6 is 0 Å². The number of aromatic nitrogens is 1. The number of benzene rings is 1. The summed E-state index contributed by atoms with van der Waals surface area (Å²) in [5, 5.41) is 2.51. The summed E-state index contributed by atoms with van der Waals surface area (Å²) in [6.45, 7) is 5.07. The molecule has 1 N–H and O–H groups in total. The van der Waals surface area contributed by atoms with Crippen molar-refractivity contribution in [3.05, 3.63) is 53.9 Å². The van der Waals surface area contributed by atoms with Gasteiger partial charge in [-0.3, -0.25) is 9.78 Å². The van der Waals surface area contributed by atoms with E-state index >= 15 is 0 Å². The molecule has 0 saturated carbocycles. The number of halogens is 3. The average Bonchev–Trinajstić information content (AvgIpc) is 2.73. The van der Waals surface area contributed by atoms with Crippen LogP contribution in [-0.2, 0) is 16.2 Å². The lowest BCUT2D eigenvalue weighted by Crippen LogP contribution is -2.48. The predicted molar refractivity (Wildman–Crippen MR) is 105 cm³/mol. The van der Waals surface area contributed by atoms with E-state index in [2.05, 4.69) is 15.2 Å². The molecule has 11 heteroatoms. The molecule has 30 heavy (non-hydrogen) atoms. The van der Waals surface area contributed by atoms with Crippen molar-refractivity contribution in [2.45, 2.75) is 18.0 Å². The Morgan fingerprint density at radius 2 is 1.70 bits per heavy atom. The summed E-state index contributed by atoms with van der Waals surface area (Å²) in [6.07, 6.45) is -3.74. The molecule has 1 aromatic carbocycles. The quantitative estimate of drug-likeness (QED) is 0.770. The molecule has 1 aromatic heterocycles. The van der Waals surface area contributed by atoms with Crippen LogP contribution in [-0.4, -0.2) is 61.2 Å². The average molecular weight is 442 g/mol. The summed E-state index contributed by atoms with van der Waals surface area (Å²) in [4.78, 5) is 17.7. The number of hydrogen-bond acceptors (Lipinski definition) is 5. The van der Waals surface area contributed by atoms with E-state index in [9.17, 15) is 26.4 Å². The van der Waals surface area contributed by atoms with E-state index in [0.717, 1.165) is 24.9 Å². The highest BCUT2D eigenvalue weighted by molar-refractivity contribution is 7.89. The summed E-state index contributed by atoms with van der Waals surface area (Å²) in [7, 11) is -3.63. The smallest absolute Gasteiger partial charge is 0.322 e. The van der Waals surface area contributed by atoms with Crippen molar-refractivity contribution in [3.63, 3.8) is 0 Å². The largest absolute Gasteiger partial charge is 0.433 e. The minimum atomic E-state index is -4.58. The highest BCUT2D eigenvalue weighted by atomic mass is 32.2. The second-order valence-corrected chi connectivity index (χ2v) is 8.68. The Balaban J connectivity index is 1.66. The highest BCUT2D eigenvalue weighted by Gasteiger charge is 2.32. The first kappa shape index (κ1) is 22.2. The molecular weight excluding hydrogens is 421 g/mol. The minimum Gasteiger partial charge on any atom is -0.322 e. The molecule has 162 valence electrons. The van der Waals surface area contributed by atoms with E-state index in [1.165, 1.54) is 28.6 Å². The van der Waals surface area contributed by atoms with Gasteiger partial charge in [0.15, 0.2) is 0 Å². The molecule has 1 fully saturated rings. The van der Waals surface area contributed by atoms with Crippen LogP contribution < -0.4 is 5.32 Å². The fraction of sp³-hybridized carbons (Fsp3) is 0.368. The van der Waals surface area contributed by atoms with Crippen LogP contribution in [0, 0.1) is 0 Å². The fourth-order valence-corrected chi connectivity index (χ4v) is 4.47. The molecule has 3 rings (SSSR count). The van der Waals surface area contributed by atoms with Crippen molar-refractivity contribution in [2.24, 2.45) is 0 Å². The number of sulfonamides is 1. The second-order valence-electron chi connectivity index (χ2n) is 6.75. The van der Waals surface area contributed by atoms with Crippen LogP contribution in [0.3, 0.4) is 0 Å². The second kappa shape index (κ2) is 8.70. The maximum atomic E-state index is 12.8. The summed E-state index contributed by atoms with van der Waals surface area (Å²) in [5.41, 5.74) is -0.823. The molecule has 1 saturated heterocycles. The molecule has 1 amide bonds. The number of amides is 1. The Kier molecular flexibility index (Phi) is 6.44. The molecule has 0 spiro atoms. The standard InChI is InChI=1S/C19H21F3N4O3S/c1-2-25-9-11-26(12-10-25)30(28,29)16-6-4-15(5-7-16)24-18(27)14-3-8-17(23-13-14)19(20,21)22/h3-8,13H,2,9-12H2,1H3,(H,24,27). The van der Waals surface area contributed by atoms with Gasteiger partial charge >= 0.3 is 6.18 Å². The molecule has 0 atom stereocenters. The number of hydrogen-bond donors (Lipinski definition) is 1. The summed E-state index contributed by atoms with van der Waals surface area (Å²) >= 11 is 0. The zero-order valence-electron chi connectivity index (χ0n) is 16.2. The SMILES string of the molecule is CCN1CCN(S(=O)(=O)c2ccc(NC(=O)c3ccc(C(F)(F)F)nc3)cc2)CC1. The Bertz CT molecular complexity index is 985. The number of anilines is 1. The zero-order chi connectivity index (χ0) is 21.9. The molecule has 2 aromatic rings. The van der Waals surface area contributed by atoms with Crippen LogP contribution in [0.25, 0.3) is 0 Å². The molecular formula is C19H21F3N4O3S. The van der Waals surface area contributed by atoms with Crippen LogP contribution in [0.1, 0.15) is 23.0 Å². The van der Waals surface area contributed by atoms with Crippen molar-refractivity contribution < 1.29 is 26.4 Å². The third-order valence-corrected chi connectivity index (χ3v) is 6.76. The van der Waals surface area contributed by atoms with Crippen molar-refractivity contribution in [2.75, 3.05) is 38.0 Å². The number of pyridine rings is 1. The molecule has 0 aliphatic carbocycles. The van der Waals surface area contributed by atoms with Crippen molar-refractivity contribution >= 4 is 21.6 Å². The number of likely N-dealkylation sites (N-methyl/N-ethyl adjacent to an activating group) is 1. The van der Waals surface area contributed by atoms with Gasteiger partial charge in [0.05, 0.1) is 10.5 Å². The monoisotopic (exact) mass is 442 g/mol. The maximum absolute atomic E-state index is 12.8. The van der Waals surface area contributed by atoms with E-state index < -0.39 is 27.8 Å². The van der Waals surface area contributed by atoms with Crippen molar-refractivity contribution in [1.29, 1.82) is 0 Å². The summed E-state index contributed by atoms with van der Waals surface area (Å²) in [5.74, 6) is -0.650. The Labute approximate surface area is 172 Å². The number of nitrogens with zero attached hydrogens (tertiary/aromatic N) is 3. The lowest BCUT2D eigenvalue weighted by molar-refractivity contribution is -0.141. The van der Waals surface area contributed by atoms with Gasteiger partial charge in [0.25, 0.3) is 5.91 Å². The number of carbonyl (C=O) groups is 1. The van der Waals surface area contributed by atoms with Crippen LogP contribution in [0.15, 0.2) is 47.5 Å². The molecule has 1 aliphatic rings. The highest BCUT2D eigenvalue weighted by Crippen LogP contribution is 2.27. The van der Waals surface area contributed by atoms with Gasteiger partial charge in [-0.05, 0) is 42.9 Å². The van der Waals surface area contributed by atoms with E-state index in [4.69, 9.17) is 0 Å². The summed E-state index contributed by atoms with van der Waals surface area (Å²) in [6, 6.07) is 7.41. The Morgan fingerprint density at radius 1 is 1.07 bits per heavy atom. The molecule has 1 aliphatic heterocycles. The Morgan fingerprint density at radius 3 is 2.20 bits per heavy atom. The third-order valence-electron chi connectivity index (χ3n) is 4.84. The van der Waals surface area contributed by atoms with Crippen molar-refractivity contribution in [1.82, 2.24) is 14.2 Å². The maximum Gasteiger partial charge on any atom is 0.433 e. The van der Waals surface area contributed by atoms with E-state index in [0.29, 0.717) is 31.9 Å². The first-order valence-electron chi connectivity index (χ1n) is 9.28. The zero-order valence-corrected chi connectivity index (χ0v) is 17.0. The van der Waals surface area contributed by atoms with Crippen LogP contribution in [0.4, 0.5) is 18.9 Å². The van der Waals surface area contributed by atoms with Crippen LogP contribution in [0.5, 0.6) is 0 Å². The molecule has 7 nitrogen and oxygen atoms in total. The van der Waals surface area contributed by atoms with Gasteiger partial charge in [-0.1, -0.05) is 6.92 Å². The Hall–Kier alpha value is -2.50. The number of carbonyl (C=O) groups excluding carboxylic acids is 1. The van der Waals surface area contributed by atoms with Gasteiger partial charge in [-0.15, -0.1) is 0 Å². The summed E-state index contributed by atoms with van der Waals surface area (Å²) < 4.78 is 64.6. The number of nitrogens with one attached hydrogen (secondary N) is 1. The number of alkyl halides is 3. The van der Waals surface area contributed by atoms with E-state index in [1.54, 1.807) is 0 Å². The predicted octanol–water partition coefficient (Wildman–Crippen LogP) is 2.68. The van der Waals surface area contributed by atoms with Gasteiger partial charge in [0.2, 0.25) is 10.0 Å². The lowest BCUT2D eigenvalue weighted by Gasteiger charge is -2.33. The molecule has 0 radical (unpaired) electrons. The number of rotatable bonds is 5. The van der Waals surface area contributed by atoms with E-state index in [-0.39, 0.29) is 10.5 Å². The molecule has 0 unspecified atom stereocenters.